The Labute approximate surface area is 122 Å². The van der Waals surface area contributed by atoms with Gasteiger partial charge in [-0.3, -0.25) is 0 Å². The lowest BCUT2D eigenvalue weighted by Gasteiger charge is -2.16. The molecule has 0 nitrogen and oxygen atoms in total. The van der Waals surface area contributed by atoms with Crippen LogP contribution in [0, 0.1) is 11.6 Å². The number of thioether (sulfide) groups is 1. The van der Waals surface area contributed by atoms with Crippen molar-refractivity contribution >= 4 is 11.8 Å². The zero-order valence-corrected chi connectivity index (χ0v) is 12.0. The van der Waals surface area contributed by atoms with E-state index >= 15 is 0 Å². The Hall–Kier alpha value is -1.35. The van der Waals surface area contributed by atoms with Crippen LogP contribution in [0.25, 0.3) is 0 Å². The van der Waals surface area contributed by atoms with Gasteiger partial charge in [0.25, 0.3) is 0 Å². The molecule has 20 heavy (non-hydrogen) atoms. The molecule has 2 aromatic carbocycles. The standard InChI is InChI=1S/C17H16F2S/c18-15-9-8-12-11-13-5-1-2-7-16(13)20-10-4-3-6-14(12)17(15)19/h1-2,5,7-9H,3-4,6,10-11H2. The molecule has 1 aliphatic heterocycles. The predicted molar refractivity (Wildman–Crippen MR) is 79.3 cm³/mol. The third-order valence-corrected chi connectivity index (χ3v) is 4.93. The third-order valence-electron chi connectivity index (χ3n) is 3.73. The fourth-order valence-electron chi connectivity index (χ4n) is 2.65. The van der Waals surface area contributed by atoms with E-state index in [1.807, 2.05) is 23.9 Å². The lowest BCUT2D eigenvalue weighted by Crippen LogP contribution is -2.04. The Bertz CT molecular complexity index is 622. The van der Waals surface area contributed by atoms with Crippen molar-refractivity contribution in [1.82, 2.24) is 0 Å². The quantitative estimate of drug-likeness (QED) is 0.659. The largest absolute Gasteiger partial charge is 0.204 e. The molecule has 0 spiro atoms. The summed E-state index contributed by atoms with van der Waals surface area (Å²) >= 11 is 1.86. The summed E-state index contributed by atoms with van der Waals surface area (Å²) in [5, 5.41) is 0. The summed E-state index contributed by atoms with van der Waals surface area (Å²) < 4.78 is 27.5. The van der Waals surface area contributed by atoms with E-state index in [9.17, 15) is 8.78 Å². The summed E-state index contributed by atoms with van der Waals surface area (Å²) in [4.78, 5) is 1.25. The Morgan fingerprint density at radius 2 is 1.75 bits per heavy atom. The third kappa shape index (κ3) is 2.73. The van der Waals surface area contributed by atoms with Gasteiger partial charge in [-0.2, -0.15) is 0 Å². The molecule has 1 heterocycles. The van der Waals surface area contributed by atoms with E-state index in [1.54, 1.807) is 6.07 Å². The molecule has 0 amide bonds. The van der Waals surface area contributed by atoms with Crippen LogP contribution < -0.4 is 0 Å². The fourth-order valence-corrected chi connectivity index (χ4v) is 3.72. The van der Waals surface area contributed by atoms with E-state index in [4.69, 9.17) is 0 Å². The van der Waals surface area contributed by atoms with Gasteiger partial charge < -0.3 is 0 Å². The van der Waals surface area contributed by atoms with Crippen LogP contribution in [0.4, 0.5) is 8.78 Å². The average Bonchev–Trinajstić information content (AvgIpc) is 2.47. The molecule has 0 bridgehead atoms. The minimum absolute atomic E-state index is 0.562. The minimum atomic E-state index is -0.733. The van der Waals surface area contributed by atoms with Crippen molar-refractivity contribution in [2.45, 2.75) is 30.6 Å². The number of fused-ring (bicyclic) bond motifs is 2. The van der Waals surface area contributed by atoms with E-state index in [1.165, 1.54) is 16.5 Å². The van der Waals surface area contributed by atoms with Gasteiger partial charge in [0.15, 0.2) is 11.6 Å². The van der Waals surface area contributed by atoms with Gasteiger partial charge in [-0.1, -0.05) is 24.3 Å². The Morgan fingerprint density at radius 3 is 2.65 bits per heavy atom. The SMILES string of the molecule is Fc1ccc2c(c1F)CCCCSc1ccccc1C2. The number of halogens is 2. The molecule has 0 aromatic heterocycles. The molecule has 2 aromatic rings. The van der Waals surface area contributed by atoms with Gasteiger partial charge in [-0.05, 0) is 60.3 Å². The smallest absolute Gasteiger partial charge is 0.162 e. The Balaban J connectivity index is 2.07. The number of rotatable bonds is 0. The van der Waals surface area contributed by atoms with Crippen molar-refractivity contribution < 1.29 is 8.78 Å². The molecule has 0 N–H and O–H groups in total. The molecule has 0 aliphatic carbocycles. The molecule has 0 unspecified atom stereocenters. The van der Waals surface area contributed by atoms with E-state index in [0.29, 0.717) is 18.4 Å². The molecule has 104 valence electrons. The average molecular weight is 290 g/mol. The highest BCUT2D eigenvalue weighted by atomic mass is 32.2. The highest BCUT2D eigenvalue weighted by Gasteiger charge is 2.16. The summed E-state index contributed by atoms with van der Waals surface area (Å²) in [6, 6.07) is 11.2. The lowest BCUT2D eigenvalue weighted by molar-refractivity contribution is 0.495. The summed E-state index contributed by atoms with van der Waals surface area (Å²) in [6.45, 7) is 0. The molecule has 3 rings (SSSR count). The van der Waals surface area contributed by atoms with E-state index < -0.39 is 11.6 Å². The molecule has 0 saturated carbocycles. The molecule has 3 heteroatoms. The van der Waals surface area contributed by atoms with Crippen molar-refractivity contribution in [2.24, 2.45) is 0 Å². The predicted octanol–water partition coefficient (Wildman–Crippen LogP) is 4.98. The van der Waals surface area contributed by atoms with Gasteiger partial charge in [-0.25, -0.2) is 8.78 Å². The van der Waals surface area contributed by atoms with Crippen LogP contribution in [0.3, 0.4) is 0 Å². The second-order valence-electron chi connectivity index (χ2n) is 5.09. The molecular formula is C17H16F2S. The first-order valence-electron chi connectivity index (χ1n) is 6.92. The second kappa shape index (κ2) is 5.96. The number of hydrogen-bond donors (Lipinski definition) is 0. The van der Waals surface area contributed by atoms with Crippen LogP contribution in [0.2, 0.25) is 0 Å². The van der Waals surface area contributed by atoms with E-state index in [-0.39, 0.29) is 0 Å². The van der Waals surface area contributed by atoms with E-state index in [2.05, 4.69) is 12.1 Å². The maximum absolute atomic E-state index is 14.0. The van der Waals surface area contributed by atoms with Crippen LogP contribution in [-0.2, 0) is 12.8 Å². The summed E-state index contributed by atoms with van der Waals surface area (Å²) in [6.07, 6.45) is 3.23. The highest BCUT2D eigenvalue weighted by molar-refractivity contribution is 7.99. The van der Waals surface area contributed by atoms with Crippen LogP contribution >= 0.6 is 11.8 Å². The molecular weight excluding hydrogens is 274 g/mol. The number of benzene rings is 2. The zero-order valence-electron chi connectivity index (χ0n) is 11.2. The minimum Gasteiger partial charge on any atom is -0.204 e. The zero-order chi connectivity index (χ0) is 13.9. The first-order chi connectivity index (χ1) is 9.75. The second-order valence-corrected chi connectivity index (χ2v) is 6.23. The molecule has 0 fully saturated rings. The summed E-state index contributed by atoms with van der Waals surface area (Å²) in [5.74, 6) is -0.361. The number of hydrogen-bond acceptors (Lipinski definition) is 1. The van der Waals surface area contributed by atoms with Crippen LogP contribution in [-0.4, -0.2) is 5.75 Å². The van der Waals surface area contributed by atoms with Gasteiger partial charge in [0.05, 0.1) is 0 Å². The van der Waals surface area contributed by atoms with Crippen molar-refractivity contribution in [1.29, 1.82) is 0 Å². The van der Waals surface area contributed by atoms with Gasteiger partial charge in [-0.15, -0.1) is 11.8 Å². The Kier molecular flexibility index (Phi) is 4.06. The Morgan fingerprint density at radius 1 is 0.900 bits per heavy atom. The molecule has 0 atom stereocenters. The maximum atomic E-state index is 14.0. The summed E-state index contributed by atoms with van der Waals surface area (Å²) in [7, 11) is 0. The molecule has 0 radical (unpaired) electrons. The lowest BCUT2D eigenvalue weighted by atomic mass is 9.95. The van der Waals surface area contributed by atoms with Gasteiger partial charge in [0.2, 0.25) is 0 Å². The topological polar surface area (TPSA) is 0 Å². The van der Waals surface area contributed by atoms with Crippen molar-refractivity contribution in [3.63, 3.8) is 0 Å². The van der Waals surface area contributed by atoms with Crippen molar-refractivity contribution in [3.8, 4) is 0 Å². The van der Waals surface area contributed by atoms with Crippen LogP contribution in [0.1, 0.15) is 29.5 Å². The van der Waals surface area contributed by atoms with Crippen LogP contribution in [0.15, 0.2) is 41.3 Å². The van der Waals surface area contributed by atoms with Gasteiger partial charge in [0, 0.05) is 4.90 Å². The molecule has 1 aliphatic rings. The van der Waals surface area contributed by atoms with Crippen molar-refractivity contribution in [2.75, 3.05) is 5.75 Å². The summed E-state index contributed by atoms with van der Waals surface area (Å²) in [5.41, 5.74) is 2.68. The first kappa shape index (κ1) is 13.6. The molecule has 0 saturated heterocycles. The maximum Gasteiger partial charge on any atom is 0.162 e. The normalized spacial score (nSPS) is 15.3. The van der Waals surface area contributed by atoms with E-state index in [0.717, 1.165) is 24.2 Å². The van der Waals surface area contributed by atoms with Crippen LogP contribution in [0.5, 0.6) is 0 Å². The fraction of sp³-hybridized carbons (Fsp3) is 0.294. The van der Waals surface area contributed by atoms with Gasteiger partial charge in [0.1, 0.15) is 0 Å². The monoisotopic (exact) mass is 290 g/mol. The van der Waals surface area contributed by atoms with Crippen molar-refractivity contribution in [3.05, 3.63) is 64.7 Å². The first-order valence-corrected chi connectivity index (χ1v) is 7.91. The van der Waals surface area contributed by atoms with Gasteiger partial charge >= 0.3 is 0 Å². The highest BCUT2D eigenvalue weighted by Crippen LogP contribution is 2.30.